The fourth-order valence-corrected chi connectivity index (χ4v) is 6.73. The Hall–Kier alpha value is -6.13. The summed E-state index contributed by atoms with van der Waals surface area (Å²) in [6.07, 6.45) is 0. The second kappa shape index (κ2) is 10.2. The lowest BCUT2D eigenvalue weighted by Gasteiger charge is -2.26. The molecule has 0 aliphatic heterocycles. The molecule has 0 spiro atoms. The minimum atomic E-state index is 0.947. The molecule has 45 heavy (non-hydrogen) atoms. The summed E-state index contributed by atoms with van der Waals surface area (Å²) in [7, 11) is 0. The summed E-state index contributed by atoms with van der Waals surface area (Å²) in [5.41, 5.74) is 10.8. The van der Waals surface area contributed by atoms with Crippen molar-refractivity contribution in [2.45, 2.75) is 0 Å². The Balaban J connectivity index is 1.33. The van der Waals surface area contributed by atoms with Gasteiger partial charge < -0.3 is 9.47 Å². The van der Waals surface area contributed by atoms with E-state index in [-0.39, 0.29) is 0 Å². The van der Waals surface area contributed by atoms with Gasteiger partial charge in [0.05, 0.1) is 22.1 Å². The van der Waals surface area contributed by atoms with Gasteiger partial charge in [-0.05, 0) is 72.8 Å². The van der Waals surface area contributed by atoms with Crippen LogP contribution < -0.4 is 4.90 Å². The average molecular weight is 577 g/mol. The van der Waals surface area contributed by atoms with E-state index < -0.39 is 0 Å². The first-order valence-corrected chi connectivity index (χ1v) is 15.2. The standard InChI is InChI=1S/C41H28N4/c1-4-15-29(16-5-1)43(30-17-6-2-7-18-30)32-21-14-22-33(27-32)45-37-25-12-10-23-34(37)36-28-39-40(42-41(36)45)35-24-11-13-26-38(35)44(39)31-19-8-3-9-20-31/h1-28H. The number of benzene rings is 6. The third kappa shape index (κ3) is 4.04. The maximum absolute atomic E-state index is 5.48. The van der Waals surface area contributed by atoms with E-state index in [0.717, 1.165) is 66.9 Å². The van der Waals surface area contributed by atoms with Crippen LogP contribution in [0.3, 0.4) is 0 Å². The van der Waals surface area contributed by atoms with E-state index in [4.69, 9.17) is 4.98 Å². The van der Waals surface area contributed by atoms with Gasteiger partial charge in [0.15, 0.2) is 0 Å². The van der Waals surface area contributed by atoms with Crippen molar-refractivity contribution >= 4 is 60.9 Å². The highest BCUT2D eigenvalue weighted by atomic mass is 15.1. The Labute approximate surface area is 260 Å². The van der Waals surface area contributed by atoms with Crippen molar-refractivity contribution in [3.05, 3.63) is 170 Å². The predicted molar refractivity (Wildman–Crippen MR) is 188 cm³/mol. The van der Waals surface area contributed by atoms with Crippen molar-refractivity contribution in [2.24, 2.45) is 0 Å². The van der Waals surface area contributed by atoms with Gasteiger partial charge in [-0.25, -0.2) is 4.98 Å². The van der Waals surface area contributed by atoms with Crippen LogP contribution in [-0.4, -0.2) is 14.1 Å². The number of hydrogen-bond acceptors (Lipinski definition) is 2. The first-order valence-electron chi connectivity index (χ1n) is 15.2. The van der Waals surface area contributed by atoms with E-state index in [1.807, 2.05) is 0 Å². The molecule has 0 saturated carbocycles. The number of hydrogen-bond donors (Lipinski definition) is 0. The smallest absolute Gasteiger partial charge is 0.146 e. The Morgan fingerprint density at radius 2 is 0.911 bits per heavy atom. The topological polar surface area (TPSA) is 26.0 Å². The van der Waals surface area contributed by atoms with Crippen LogP contribution in [-0.2, 0) is 0 Å². The van der Waals surface area contributed by atoms with E-state index in [1.165, 1.54) is 5.39 Å². The van der Waals surface area contributed by atoms with Gasteiger partial charge in [0.25, 0.3) is 0 Å². The fourth-order valence-electron chi connectivity index (χ4n) is 6.73. The zero-order chi connectivity index (χ0) is 29.7. The maximum Gasteiger partial charge on any atom is 0.146 e. The molecule has 0 saturated heterocycles. The Morgan fingerprint density at radius 3 is 1.60 bits per heavy atom. The van der Waals surface area contributed by atoms with Crippen LogP contribution in [0.25, 0.3) is 55.2 Å². The lowest BCUT2D eigenvalue weighted by Crippen LogP contribution is -2.10. The maximum atomic E-state index is 5.48. The number of fused-ring (bicyclic) bond motifs is 6. The molecule has 4 nitrogen and oxygen atoms in total. The number of para-hydroxylation sites is 5. The van der Waals surface area contributed by atoms with Crippen LogP contribution in [0.4, 0.5) is 17.1 Å². The first kappa shape index (κ1) is 25.4. The highest BCUT2D eigenvalue weighted by Gasteiger charge is 2.20. The summed E-state index contributed by atoms with van der Waals surface area (Å²) in [5.74, 6) is 0. The highest BCUT2D eigenvalue weighted by Crippen LogP contribution is 2.39. The minimum absolute atomic E-state index is 0.947. The molecule has 0 unspecified atom stereocenters. The van der Waals surface area contributed by atoms with Crippen molar-refractivity contribution in [3.8, 4) is 11.4 Å². The van der Waals surface area contributed by atoms with Gasteiger partial charge in [0, 0.05) is 44.6 Å². The molecule has 4 heteroatoms. The molecule has 3 aromatic heterocycles. The van der Waals surface area contributed by atoms with Crippen LogP contribution in [0.2, 0.25) is 0 Å². The number of anilines is 3. The predicted octanol–water partition coefficient (Wildman–Crippen LogP) is 10.7. The summed E-state index contributed by atoms with van der Waals surface area (Å²) in [6, 6.07) is 60.0. The van der Waals surface area contributed by atoms with Gasteiger partial charge in [-0.3, -0.25) is 4.57 Å². The van der Waals surface area contributed by atoms with Gasteiger partial charge >= 0.3 is 0 Å². The summed E-state index contributed by atoms with van der Waals surface area (Å²) in [6.45, 7) is 0. The lowest BCUT2D eigenvalue weighted by atomic mass is 10.1. The van der Waals surface area contributed by atoms with Gasteiger partial charge in [-0.15, -0.1) is 0 Å². The largest absolute Gasteiger partial charge is 0.310 e. The van der Waals surface area contributed by atoms with Crippen molar-refractivity contribution < 1.29 is 0 Å². The van der Waals surface area contributed by atoms with E-state index in [1.54, 1.807) is 0 Å². The monoisotopic (exact) mass is 576 g/mol. The van der Waals surface area contributed by atoms with Crippen LogP contribution in [0.1, 0.15) is 0 Å². The second-order valence-electron chi connectivity index (χ2n) is 11.3. The van der Waals surface area contributed by atoms with Crippen molar-refractivity contribution in [1.82, 2.24) is 14.1 Å². The van der Waals surface area contributed by atoms with E-state index in [2.05, 4.69) is 184 Å². The third-order valence-electron chi connectivity index (χ3n) is 8.66. The number of rotatable bonds is 5. The molecule has 0 atom stereocenters. The summed E-state index contributed by atoms with van der Waals surface area (Å²) < 4.78 is 4.65. The number of pyridine rings is 1. The molecule has 9 rings (SSSR count). The molecular formula is C41H28N4. The third-order valence-corrected chi connectivity index (χ3v) is 8.66. The zero-order valence-corrected chi connectivity index (χ0v) is 24.5. The van der Waals surface area contributed by atoms with Gasteiger partial charge in [-0.1, -0.05) is 97.1 Å². The van der Waals surface area contributed by atoms with E-state index in [0.29, 0.717) is 0 Å². The zero-order valence-electron chi connectivity index (χ0n) is 24.5. The molecule has 0 bridgehead atoms. The highest BCUT2D eigenvalue weighted by molar-refractivity contribution is 6.15. The van der Waals surface area contributed by atoms with Crippen LogP contribution >= 0.6 is 0 Å². The van der Waals surface area contributed by atoms with Crippen LogP contribution in [0, 0.1) is 0 Å². The molecule has 0 fully saturated rings. The molecule has 0 amide bonds. The molecule has 3 heterocycles. The Morgan fingerprint density at radius 1 is 0.378 bits per heavy atom. The second-order valence-corrected chi connectivity index (χ2v) is 11.3. The Kier molecular flexibility index (Phi) is 5.78. The normalized spacial score (nSPS) is 11.6. The van der Waals surface area contributed by atoms with Crippen molar-refractivity contribution in [2.75, 3.05) is 4.90 Å². The molecule has 0 aliphatic rings. The van der Waals surface area contributed by atoms with Gasteiger partial charge in [0.2, 0.25) is 0 Å². The molecule has 0 radical (unpaired) electrons. The summed E-state index contributed by atoms with van der Waals surface area (Å²) in [4.78, 5) is 7.79. The first-order chi connectivity index (χ1) is 22.3. The van der Waals surface area contributed by atoms with Crippen molar-refractivity contribution in [3.63, 3.8) is 0 Å². The minimum Gasteiger partial charge on any atom is -0.310 e. The quantitative estimate of drug-likeness (QED) is 0.204. The molecule has 0 aliphatic carbocycles. The molecule has 6 aromatic carbocycles. The van der Waals surface area contributed by atoms with Crippen LogP contribution in [0.5, 0.6) is 0 Å². The van der Waals surface area contributed by atoms with Gasteiger partial charge in [-0.2, -0.15) is 0 Å². The SMILES string of the molecule is c1ccc(N(c2ccccc2)c2cccc(-n3c4ccccc4c4cc5c(nc43)c3ccccc3n5-c3ccccc3)c2)cc1. The molecule has 212 valence electrons. The summed E-state index contributed by atoms with van der Waals surface area (Å²) in [5, 5.41) is 3.45. The van der Waals surface area contributed by atoms with Crippen molar-refractivity contribution in [1.29, 1.82) is 0 Å². The van der Waals surface area contributed by atoms with E-state index in [9.17, 15) is 0 Å². The van der Waals surface area contributed by atoms with Crippen LogP contribution in [0.15, 0.2) is 170 Å². The molecule has 9 aromatic rings. The Bertz CT molecular complexity index is 2440. The average Bonchev–Trinajstić information content (AvgIpc) is 3.61. The molecule has 0 N–H and O–H groups in total. The van der Waals surface area contributed by atoms with Gasteiger partial charge in [0.1, 0.15) is 5.65 Å². The number of aromatic nitrogens is 3. The van der Waals surface area contributed by atoms with E-state index >= 15 is 0 Å². The fraction of sp³-hybridized carbons (Fsp3) is 0. The number of nitrogens with zero attached hydrogens (tertiary/aromatic N) is 4. The lowest BCUT2D eigenvalue weighted by molar-refractivity contribution is 1.14. The molecular weight excluding hydrogens is 548 g/mol. The summed E-state index contributed by atoms with van der Waals surface area (Å²) >= 11 is 0.